The minimum Gasteiger partial charge on any atom is -0.470 e. The molecule has 0 radical (unpaired) electrons. The van der Waals surface area contributed by atoms with E-state index in [-0.39, 0.29) is 18.0 Å². The third kappa shape index (κ3) is 5.78. The van der Waals surface area contributed by atoms with Crippen LogP contribution in [-0.4, -0.2) is 20.6 Å². The van der Waals surface area contributed by atoms with Gasteiger partial charge in [0, 0.05) is 17.9 Å². The summed E-state index contributed by atoms with van der Waals surface area (Å²) >= 11 is 5.24. The molecule has 1 aromatic heterocycles. The number of nitrogens with zero attached hydrogens (tertiary/aromatic N) is 2. The van der Waals surface area contributed by atoms with Gasteiger partial charge in [-0.25, -0.2) is 14.4 Å². The number of rotatable bonds is 4. The van der Waals surface area contributed by atoms with Gasteiger partial charge >= 0.3 is 0 Å². The van der Waals surface area contributed by atoms with Crippen LogP contribution in [0.4, 0.5) is 10.2 Å². The molecule has 0 spiro atoms. The highest BCUT2D eigenvalue weighted by Gasteiger charge is 2.14. The van der Waals surface area contributed by atoms with Crippen LogP contribution in [0, 0.1) is 5.82 Å². The lowest BCUT2D eigenvalue weighted by Crippen LogP contribution is -2.43. The Morgan fingerprint density at radius 1 is 1.26 bits per heavy atom. The van der Waals surface area contributed by atoms with Gasteiger partial charge in [0.1, 0.15) is 12.4 Å². The molecule has 0 unspecified atom stereocenters. The van der Waals surface area contributed by atoms with Crippen LogP contribution in [-0.2, 0) is 6.61 Å². The molecule has 2 aromatic rings. The number of aromatic nitrogens is 2. The first kappa shape index (κ1) is 17.1. The van der Waals surface area contributed by atoms with Crippen molar-refractivity contribution in [3.63, 3.8) is 0 Å². The van der Waals surface area contributed by atoms with Crippen molar-refractivity contribution in [1.82, 2.24) is 15.3 Å². The molecule has 0 fully saturated rings. The van der Waals surface area contributed by atoms with Crippen molar-refractivity contribution < 1.29 is 9.13 Å². The zero-order valence-corrected chi connectivity index (χ0v) is 14.1. The van der Waals surface area contributed by atoms with E-state index in [1.807, 2.05) is 20.8 Å². The highest BCUT2D eigenvalue weighted by molar-refractivity contribution is 7.80. The van der Waals surface area contributed by atoms with E-state index in [2.05, 4.69) is 20.6 Å². The minimum absolute atomic E-state index is 0.172. The molecule has 1 aromatic carbocycles. The van der Waals surface area contributed by atoms with E-state index in [1.165, 1.54) is 24.5 Å². The summed E-state index contributed by atoms with van der Waals surface area (Å²) in [5.74, 6) is 0.402. The summed E-state index contributed by atoms with van der Waals surface area (Å²) < 4.78 is 18.8. The smallest absolute Gasteiger partial charge is 0.258 e. The van der Waals surface area contributed by atoms with Crippen molar-refractivity contribution in [3.05, 3.63) is 48.0 Å². The largest absolute Gasteiger partial charge is 0.470 e. The number of halogens is 1. The molecule has 0 amide bonds. The van der Waals surface area contributed by atoms with Gasteiger partial charge in [-0.2, -0.15) is 0 Å². The molecule has 0 atom stereocenters. The van der Waals surface area contributed by atoms with Crippen LogP contribution >= 0.6 is 12.2 Å². The molecule has 1 heterocycles. The molecule has 7 heteroatoms. The fraction of sp³-hybridized carbons (Fsp3) is 0.312. The zero-order chi connectivity index (χ0) is 16.9. The van der Waals surface area contributed by atoms with E-state index >= 15 is 0 Å². The first-order valence-electron chi connectivity index (χ1n) is 7.11. The van der Waals surface area contributed by atoms with Crippen molar-refractivity contribution in [2.75, 3.05) is 5.32 Å². The van der Waals surface area contributed by atoms with Gasteiger partial charge in [0.15, 0.2) is 10.9 Å². The molecule has 0 aliphatic rings. The normalized spacial score (nSPS) is 11.0. The standard InChI is InChI=1S/C16H19FN4OS/c1-16(2,3)21-15(23)20-13-14(19-8-7-18-13)22-10-11-5-4-6-12(17)9-11/h4-9H,10H2,1-3H3,(H2,18,20,21,23). The zero-order valence-electron chi connectivity index (χ0n) is 13.3. The van der Waals surface area contributed by atoms with E-state index in [0.717, 1.165) is 0 Å². The highest BCUT2D eigenvalue weighted by atomic mass is 32.1. The fourth-order valence-electron chi connectivity index (χ4n) is 1.77. The molecule has 0 bridgehead atoms. The predicted molar refractivity (Wildman–Crippen MR) is 91.9 cm³/mol. The maximum Gasteiger partial charge on any atom is 0.258 e. The van der Waals surface area contributed by atoms with Crippen molar-refractivity contribution in [3.8, 4) is 5.88 Å². The molecule has 23 heavy (non-hydrogen) atoms. The van der Waals surface area contributed by atoms with Crippen LogP contribution in [0.2, 0.25) is 0 Å². The molecular weight excluding hydrogens is 315 g/mol. The minimum atomic E-state index is -0.306. The first-order chi connectivity index (χ1) is 10.8. The summed E-state index contributed by atoms with van der Waals surface area (Å²) in [5, 5.41) is 6.51. The molecular formula is C16H19FN4OS. The Bertz CT molecular complexity index is 688. The number of nitrogens with one attached hydrogen (secondary N) is 2. The lowest BCUT2D eigenvalue weighted by molar-refractivity contribution is 0.294. The van der Waals surface area contributed by atoms with E-state index in [1.54, 1.807) is 12.1 Å². The SMILES string of the molecule is CC(C)(C)NC(=S)Nc1nccnc1OCc1cccc(F)c1. The number of hydrogen-bond donors (Lipinski definition) is 2. The molecule has 2 rings (SSSR count). The van der Waals surface area contributed by atoms with Gasteiger partial charge in [-0.3, -0.25) is 0 Å². The van der Waals surface area contributed by atoms with Gasteiger partial charge in [-0.1, -0.05) is 12.1 Å². The number of anilines is 1. The van der Waals surface area contributed by atoms with E-state index in [4.69, 9.17) is 17.0 Å². The second kappa shape index (κ2) is 7.32. The summed E-state index contributed by atoms with van der Waals surface area (Å²) in [6, 6.07) is 6.20. The average molecular weight is 334 g/mol. The van der Waals surface area contributed by atoms with Crippen LogP contribution in [0.5, 0.6) is 5.88 Å². The second-order valence-electron chi connectivity index (χ2n) is 5.96. The van der Waals surface area contributed by atoms with E-state index < -0.39 is 0 Å². The Hall–Kier alpha value is -2.28. The summed E-state index contributed by atoms with van der Waals surface area (Å²) in [7, 11) is 0. The quantitative estimate of drug-likeness (QED) is 0.837. The number of benzene rings is 1. The van der Waals surface area contributed by atoms with Crippen molar-refractivity contribution in [2.45, 2.75) is 32.9 Å². The van der Waals surface area contributed by atoms with Crippen LogP contribution in [0.15, 0.2) is 36.7 Å². The Morgan fingerprint density at radius 3 is 2.70 bits per heavy atom. The summed E-state index contributed by atoms with van der Waals surface area (Å²) in [5.41, 5.74) is 0.534. The van der Waals surface area contributed by atoms with Crippen LogP contribution in [0.25, 0.3) is 0 Å². The van der Waals surface area contributed by atoms with Crippen molar-refractivity contribution in [1.29, 1.82) is 0 Å². The number of thiocarbonyl (C=S) groups is 1. The third-order valence-electron chi connectivity index (χ3n) is 2.65. The molecule has 0 saturated heterocycles. The number of hydrogen-bond acceptors (Lipinski definition) is 4. The molecule has 2 N–H and O–H groups in total. The van der Waals surface area contributed by atoms with Gasteiger partial charge in [0.2, 0.25) is 0 Å². The highest BCUT2D eigenvalue weighted by Crippen LogP contribution is 2.19. The second-order valence-corrected chi connectivity index (χ2v) is 6.37. The molecule has 0 aliphatic heterocycles. The van der Waals surface area contributed by atoms with Crippen molar-refractivity contribution in [2.24, 2.45) is 0 Å². The molecule has 122 valence electrons. The Labute approximate surface area is 140 Å². The summed E-state index contributed by atoms with van der Waals surface area (Å²) in [6.45, 7) is 6.18. The van der Waals surface area contributed by atoms with Gasteiger partial charge in [0.25, 0.3) is 5.88 Å². The van der Waals surface area contributed by atoms with E-state index in [9.17, 15) is 4.39 Å². The average Bonchev–Trinajstić information content (AvgIpc) is 2.44. The Morgan fingerprint density at radius 2 is 2.00 bits per heavy atom. The van der Waals surface area contributed by atoms with E-state index in [0.29, 0.717) is 22.4 Å². The number of ether oxygens (including phenoxy) is 1. The lowest BCUT2D eigenvalue weighted by atomic mass is 10.1. The molecule has 0 aliphatic carbocycles. The van der Waals surface area contributed by atoms with Crippen molar-refractivity contribution >= 4 is 23.1 Å². The molecule has 5 nitrogen and oxygen atoms in total. The lowest BCUT2D eigenvalue weighted by Gasteiger charge is -2.23. The van der Waals surface area contributed by atoms with Crippen LogP contribution in [0.1, 0.15) is 26.3 Å². The Balaban J connectivity index is 2.04. The van der Waals surface area contributed by atoms with Gasteiger partial charge in [-0.15, -0.1) is 0 Å². The van der Waals surface area contributed by atoms with Gasteiger partial charge < -0.3 is 15.4 Å². The maximum atomic E-state index is 13.2. The predicted octanol–water partition coefficient (Wildman–Crippen LogP) is 3.28. The third-order valence-corrected chi connectivity index (χ3v) is 2.85. The summed E-state index contributed by atoms with van der Waals surface area (Å²) in [4.78, 5) is 8.32. The summed E-state index contributed by atoms with van der Waals surface area (Å²) in [6.07, 6.45) is 3.06. The van der Waals surface area contributed by atoms with Crippen LogP contribution < -0.4 is 15.4 Å². The monoisotopic (exact) mass is 334 g/mol. The van der Waals surface area contributed by atoms with Gasteiger partial charge in [0.05, 0.1) is 0 Å². The van der Waals surface area contributed by atoms with Crippen LogP contribution in [0.3, 0.4) is 0 Å². The molecule has 0 saturated carbocycles. The Kier molecular flexibility index (Phi) is 5.44. The van der Waals surface area contributed by atoms with Gasteiger partial charge in [-0.05, 0) is 50.7 Å². The maximum absolute atomic E-state index is 13.2. The topological polar surface area (TPSA) is 59.1 Å². The first-order valence-corrected chi connectivity index (χ1v) is 7.52. The fourth-order valence-corrected chi connectivity index (χ4v) is 2.18.